The molecule has 3 rings (SSSR count). The summed E-state index contributed by atoms with van der Waals surface area (Å²) < 4.78 is 9.97. The summed E-state index contributed by atoms with van der Waals surface area (Å²) in [6.45, 7) is 0. The van der Waals surface area contributed by atoms with Gasteiger partial charge in [-0.1, -0.05) is 23.2 Å². The third-order valence-corrected chi connectivity index (χ3v) is 5.31. The number of hydrogen-bond acceptors (Lipinski definition) is 6. The maximum atomic E-state index is 12.5. The van der Waals surface area contributed by atoms with E-state index in [4.69, 9.17) is 32.7 Å². The van der Waals surface area contributed by atoms with Gasteiger partial charge in [0.05, 0.1) is 25.6 Å². The van der Waals surface area contributed by atoms with Crippen LogP contribution in [0.5, 0.6) is 0 Å². The highest BCUT2D eigenvalue weighted by molar-refractivity contribution is 6.31. The molecule has 1 saturated carbocycles. The zero-order valence-corrected chi connectivity index (χ0v) is 18.0. The normalized spacial score (nSPS) is 21.5. The van der Waals surface area contributed by atoms with Gasteiger partial charge >= 0.3 is 11.9 Å². The molecule has 2 unspecified atom stereocenters. The molecule has 0 bridgehead atoms. The van der Waals surface area contributed by atoms with Crippen LogP contribution in [0.1, 0.15) is 12.8 Å². The van der Waals surface area contributed by atoms with Crippen molar-refractivity contribution in [1.82, 2.24) is 0 Å². The summed E-state index contributed by atoms with van der Waals surface area (Å²) in [5, 5.41) is 1.16. The van der Waals surface area contributed by atoms with Gasteiger partial charge in [0, 0.05) is 34.3 Å². The summed E-state index contributed by atoms with van der Waals surface area (Å²) in [5.74, 6) is -2.18. The number of aliphatic imine (C=N–C) groups is 2. The van der Waals surface area contributed by atoms with Gasteiger partial charge in [-0.15, -0.1) is 0 Å². The van der Waals surface area contributed by atoms with E-state index in [1.54, 1.807) is 48.5 Å². The molecule has 0 spiro atoms. The van der Waals surface area contributed by atoms with Crippen LogP contribution >= 0.6 is 23.2 Å². The number of carbonyl (C=O) groups is 2. The Morgan fingerprint density at radius 2 is 1.07 bits per heavy atom. The topological polar surface area (TPSA) is 77.3 Å². The molecule has 0 aliphatic heterocycles. The molecule has 0 saturated heterocycles. The van der Waals surface area contributed by atoms with E-state index in [2.05, 4.69) is 9.98 Å². The molecule has 156 valence electrons. The Labute approximate surface area is 184 Å². The van der Waals surface area contributed by atoms with Crippen molar-refractivity contribution in [1.29, 1.82) is 0 Å². The average Bonchev–Trinajstić information content (AvgIpc) is 2.76. The lowest BCUT2D eigenvalue weighted by molar-refractivity contribution is -0.145. The van der Waals surface area contributed by atoms with Crippen LogP contribution in [0.4, 0.5) is 11.4 Å². The Kier molecular flexibility index (Phi) is 7.24. The van der Waals surface area contributed by atoms with Crippen LogP contribution in [-0.4, -0.2) is 37.6 Å². The molecular weight excluding hydrogens is 427 g/mol. The van der Waals surface area contributed by atoms with Crippen molar-refractivity contribution >= 4 is 57.9 Å². The van der Waals surface area contributed by atoms with E-state index in [1.165, 1.54) is 14.2 Å². The molecule has 1 fully saturated rings. The lowest BCUT2D eigenvalue weighted by Crippen LogP contribution is -2.41. The second-order valence-electron chi connectivity index (χ2n) is 6.72. The number of methoxy groups -OCH3 is 2. The zero-order chi connectivity index (χ0) is 21.7. The van der Waals surface area contributed by atoms with E-state index in [0.717, 1.165) is 0 Å². The van der Waals surface area contributed by atoms with E-state index in [1.807, 2.05) is 0 Å². The minimum atomic E-state index is -0.655. The van der Waals surface area contributed by atoms with E-state index < -0.39 is 23.8 Å². The molecule has 0 amide bonds. The molecule has 2 aromatic rings. The Morgan fingerprint density at radius 3 is 1.37 bits per heavy atom. The number of nitrogens with zero attached hydrogens (tertiary/aromatic N) is 2. The van der Waals surface area contributed by atoms with Crippen molar-refractivity contribution in [2.24, 2.45) is 21.8 Å². The van der Waals surface area contributed by atoms with Gasteiger partial charge < -0.3 is 9.47 Å². The summed E-state index contributed by atoms with van der Waals surface area (Å²) >= 11 is 11.9. The molecule has 1 aliphatic carbocycles. The summed E-state index contributed by atoms with van der Waals surface area (Å²) in [6.07, 6.45) is 0.392. The third kappa shape index (κ3) is 5.26. The number of esters is 2. The lowest BCUT2D eigenvalue weighted by atomic mass is 9.78. The first-order valence-electron chi connectivity index (χ1n) is 9.23. The lowest BCUT2D eigenvalue weighted by Gasteiger charge is -2.29. The van der Waals surface area contributed by atoms with Crippen molar-refractivity contribution in [2.75, 3.05) is 14.2 Å². The molecule has 8 heteroatoms. The van der Waals surface area contributed by atoms with Gasteiger partial charge in [-0.3, -0.25) is 19.6 Å². The van der Waals surface area contributed by atoms with E-state index >= 15 is 0 Å². The third-order valence-electron chi connectivity index (χ3n) is 4.80. The van der Waals surface area contributed by atoms with Gasteiger partial charge in [-0.25, -0.2) is 0 Å². The minimum absolute atomic E-state index is 0.196. The fourth-order valence-electron chi connectivity index (χ4n) is 3.27. The Morgan fingerprint density at radius 1 is 0.733 bits per heavy atom. The van der Waals surface area contributed by atoms with Crippen LogP contribution in [0.3, 0.4) is 0 Å². The van der Waals surface area contributed by atoms with Crippen molar-refractivity contribution in [3.8, 4) is 0 Å². The predicted octanol–water partition coefficient (Wildman–Crippen LogP) is 5.21. The Balaban J connectivity index is 2.02. The van der Waals surface area contributed by atoms with Gasteiger partial charge in [-0.2, -0.15) is 0 Å². The number of halogens is 2. The highest BCUT2D eigenvalue weighted by Crippen LogP contribution is 2.31. The fraction of sp³-hybridized carbons (Fsp3) is 0.273. The predicted molar refractivity (Wildman–Crippen MR) is 117 cm³/mol. The first-order valence-corrected chi connectivity index (χ1v) is 9.98. The maximum Gasteiger partial charge on any atom is 0.314 e. The monoisotopic (exact) mass is 446 g/mol. The molecule has 6 nitrogen and oxygen atoms in total. The molecule has 0 heterocycles. The van der Waals surface area contributed by atoms with Gasteiger partial charge in [0.15, 0.2) is 0 Å². The van der Waals surface area contributed by atoms with Crippen LogP contribution in [0.25, 0.3) is 0 Å². The van der Waals surface area contributed by atoms with E-state index in [-0.39, 0.29) is 12.8 Å². The highest BCUT2D eigenvalue weighted by Gasteiger charge is 2.40. The van der Waals surface area contributed by atoms with Crippen LogP contribution in [0.15, 0.2) is 58.5 Å². The standard InChI is InChI=1S/C22H20Cl2N2O4/c1-29-21(27)17-11-20(26-16-9-5-14(24)6-10-16)18(22(28)30-2)12-19(17)25-15-7-3-13(23)4-8-15/h3-10,17-18H,11-12H2,1-2H3. The highest BCUT2D eigenvalue weighted by atomic mass is 35.5. The number of benzene rings is 2. The quantitative estimate of drug-likeness (QED) is 0.603. The number of ether oxygens (including phenoxy) is 2. The Hall–Kier alpha value is -2.70. The largest absolute Gasteiger partial charge is 0.469 e. The second kappa shape index (κ2) is 9.87. The van der Waals surface area contributed by atoms with Gasteiger partial charge in [0.25, 0.3) is 0 Å². The molecule has 0 N–H and O–H groups in total. The summed E-state index contributed by atoms with van der Waals surface area (Å²) in [5.41, 5.74) is 2.33. The van der Waals surface area contributed by atoms with E-state index in [0.29, 0.717) is 32.8 Å². The van der Waals surface area contributed by atoms with Crippen molar-refractivity contribution in [3.05, 3.63) is 58.6 Å². The van der Waals surface area contributed by atoms with E-state index in [9.17, 15) is 9.59 Å². The fourth-order valence-corrected chi connectivity index (χ4v) is 3.52. The second-order valence-corrected chi connectivity index (χ2v) is 7.59. The van der Waals surface area contributed by atoms with Gasteiger partial charge in [0.1, 0.15) is 11.8 Å². The molecular formula is C22H20Cl2N2O4. The van der Waals surface area contributed by atoms with Crippen molar-refractivity contribution in [3.63, 3.8) is 0 Å². The number of rotatable bonds is 4. The van der Waals surface area contributed by atoms with Crippen LogP contribution in [0.2, 0.25) is 10.0 Å². The van der Waals surface area contributed by atoms with Gasteiger partial charge in [0.2, 0.25) is 0 Å². The molecule has 2 aromatic carbocycles. The summed E-state index contributed by atoms with van der Waals surface area (Å²) in [6, 6.07) is 13.8. The number of carbonyl (C=O) groups excluding carboxylic acids is 2. The van der Waals surface area contributed by atoms with Crippen LogP contribution < -0.4 is 0 Å². The zero-order valence-electron chi connectivity index (χ0n) is 16.5. The first-order chi connectivity index (χ1) is 14.4. The van der Waals surface area contributed by atoms with Crippen molar-refractivity contribution < 1.29 is 19.1 Å². The van der Waals surface area contributed by atoms with Crippen LogP contribution in [0, 0.1) is 11.8 Å². The van der Waals surface area contributed by atoms with Crippen LogP contribution in [-0.2, 0) is 19.1 Å². The molecule has 0 aromatic heterocycles. The molecule has 1 aliphatic rings. The minimum Gasteiger partial charge on any atom is -0.469 e. The smallest absolute Gasteiger partial charge is 0.314 e. The maximum absolute atomic E-state index is 12.5. The Bertz CT molecular complexity index is 904. The SMILES string of the molecule is COC(=O)C1CC(=Nc2ccc(Cl)cc2)C(C(=O)OC)CC1=Nc1ccc(Cl)cc1. The van der Waals surface area contributed by atoms with Crippen molar-refractivity contribution in [2.45, 2.75) is 12.8 Å². The molecule has 30 heavy (non-hydrogen) atoms. The molecule has 0 radical (unpaired) electrons. The number of hydrogen-bond donors (Lipinski definition) is 0. The average molecular weight is 447 g/mol. The summed E-state index contributed by atoms with van der Waals surface area (Å²) in [4.78, 5) is 34.2. The summed E-state index contributed by atoms with van der Waals surface area (Å²) in [7, 11) is 2.65. The molecule has 2 atom stereocenters. The first kappa shape index (κ1) is 22.0. The van der Waals surface area contributed by atoms with Gasteiger partial charge in [-0.05, 0) is 48.5 Å².